The Bertz CT molecular complexity index is 896. The molecule has 1 aliphatic rings. The molecule has 0 spiro atoms. The quantitative estimate of drug-likeness (QED) is 0.764. The van der Waals surface area contributed by atoms with Gasteiger partial charge in [-0.1, -0.05) is 29.8 Å². The lowest BCUT2D eigenvalue weighted by atomic mass is 9.87. The molecule has 0 saturated heterocycles. The summed E-state index contributed by atoms with van der Waals surface area (Å²) in [5.41, 5.74) is 1.16. The molecule has 0 radical (unpaired) electrons. The molecule has 2 unspecified atom stereocenters. The molecule has 0 aliphatic carbocycles. The number of carbonyl (C=O) groups excluding carboxylic acids is 1. The van der Waals surface area contributed by atoms with Crippen LogP contribution in [0.15, 0.2) is 53.4 Å². The van der Waals surface area contributed by atoms with Gasteiger partial charge in [-0.05, 0) is 49.2 Å². The van der Waals surface area contributed by atoms with E-state index in [4.69, 9.17) is 16.3 Å². The second kappa shape index (κ2) is 6.69. The molecule has 0 fully saturated rings. The number of carbonyl (C=O) groups is 1. The first-order valence-electron chi connectivity index (χ1n) is 7.83. The maximum absolute atomic E-state index is 13.2. The van der Waals surface area contributed by atoms with E-state index in [1.807, 2.05) is 0 Å². The van der Waals surface area contributed by atoms with Gasteiger partial charge < -0.3 is 4.74 Å². The largest absolute Gasteiger partial charge is 0.469 e. The Labute approximate surface area is 152 Å². The van der Waals surface area contributed by atoms with Gasteiger partial charge in [-0.25, -0.2) is 8.42 Å². The molecular weight excluding hydrogens is 362 g/mol. The van der Waals surface area contributed by atoms with Crippen molar-refractivity contribution in [2.24, 2.45) is 0 Å². The molecule has 0 saturated carbocycles. The van der Waals surface area contributed by atoms with Crippen LogP contribution in [0.2, 0.25) is 5.02 Å². The smallest absolute Gasteiger partial charge is 0.313 e. The number of ether oxygens (including phenoxy) is 1. The molecule has 2 atom stereocenters. The van der Waals surface area contributed by atoms with Gasteiger partial charge in [0.05, 0.1) is 23.6 Å². The Kier molecular flexibility index (Phi) is 4.75. The maximum Gasteiger partial charge on any atom is 0.313 e. The Hall–Kier alpha value is -2.05. The Balaban J connectivity index is 2.13. The summed E-state index contributed by atoms with van der Waals surface area (Å²) in [6, 6.07) is 12.7. The average Bonchev–Trinajstić information content (AvgIpc) is 2.60. The van der Waals surface area contributed by atoms with Crippen LogP contribution in [0.4, 0.5) is 5.69 Å². The predicted molar refractivity (Wildman–Crippen MR) is 96.4 cm³/mol. The van der Waals surface area contributed by atoms with Crippen molar-refractivity contribution in [3.63, 3.8) is 0 Å². The predicted octanol–water partition coefficient (Wildman–Crippen LogP) is 3.58. The van der Waals surface area contributed by atoms with Gasteiger partial charge in [-0.3, -0.25) is 9.10 Å². The van der Waals surface area contributed by atoms with Crippen molar-refractivity contribution in [1.82, 2.24) is 0 Å². The lowest BCUT2D eigenvalue weighted by Gasteiger charge is -2.38. The van der Waals surface area contributed by atoms with Crippen LogP contribution in [0.1, 0.15) is 24.8 Å². The van der Waals surface area contributed by atoms with Gasteiger partial charge in [0.2, 0.25) is 0 Å². The SMILES string of the molecule is COC(=O)C1CC(C)N(S(=O)(=O)c2ccc(Cl)cc2)c2ccccc21. The van der Waals surface area contributed by atoms with Crippen molar-refractivity contribution >= 4 is 33.3 Å². The van der Waals surface area contributed by atoms with Crippen molar-refractivity contribution < 1.29 is 17.9 Å². The van der Waals surface area contributed by atoms with E-state index in [1.165, 1.54) is 23.5 Å². The Morgan fingerprint density at radius 1 is 1.16 bits per heavy atom. The van der Waals surface area contributed by atoms with Crippen LogP contribution in [-0.4, -0.2) is 27.5 Å². The molecule has 7 heteroatoms. The topological polar surface area (TPSA) is 63.7 Å². The number of halogens is 1. The third-order valence-corrected chi connectivity index (χ3v) is 6.58. The molecule has 0 N–H and O–H groups in total. The van der Waals surface area contributed by atoms with Gasteiger partial charge >= 0.3 is 5.97 Å². The molecule has 5 nitrogen and oxygen atoms in total. The fourth-order valence-corrected chi connectivity index (χ4v) is 5.05. The van der Waals surface area contributed by atoms with Gasteiger partial charge in [0.1, 0.15) is 0 Å². The third kappa shape index (κ3) is 3.12. The van der Waals surface area contributed by atoms with E-state index in [-0.39, 0.29) is 16.9 Å². The first kappa shape index (κ1) is 17.8. The number of fused-ring (bicyclic) bond motifs is 1. The van der Waals surface area contributed by atoms with Crippen LogP contribution in [0.25, 0.3) is 0 Å². The zero-order valence-corrected chi connectivity index (χ0v) is 15.4. The van der Waals surface area contributed by atoms with E-state index in [9.17, 15) is 13.2 Å². The molecule has 1 heterocycles. The fourth-order valence-electron chi connectivity index (χ4n) is 3.24. The summed E-state index contributed by atoms with van der Waals surface area (Å²) in [4.78, 5) is 12.3. The second-order valence-electron chi connectivity index (χ2n) is 5.97. The molecule has 3 rings (SSSR count). The van der Waals surface area contributed by atoms with Gasteiger partial charge in [0, 0.05) is 11.1 Å². The number of rotatable bonds is 3. The summed E-state index contributed by atoms with van der Waals surface area (Å²) < 4.78 is 32.6. The van der Waals surface area contributed by atoms with Crippen LogP contribution in [0.3, 0.4) is 0 Å². The zero-order valence-electron chi connectivity index (χ0n) is 13.8. The third-order valence-electron chi connectivity index (χ3n) is 4.38. The molecule has 2 aromatic rings. The lowest BCUT2D eigenvalue weighted by molar-refractivity contribution is -0.142. The second-order valence-corrected chi connectivity index (χ2v) is 8.23. The maximum atomic E-state index is 13.2. The van der Waals surface area contributed by atoms with E-state index < -0.39 is 15.9 Å². The Morgan fingerprint density at radius 2 is 1.80 bits per heavy atom. The number of nitrogens with zero attached hydrogens (tertiary/aromatic N) is 1. The highest BCUT2D eigenvalue weighted by atomic mass is 35.5. The van der Waals surface area contributed by atoms with Crippen LogP contribution in [0, 0.1) is 0 Å². The molecule has 132 valence electrons. The summed E-state index contributed by atoms with van der Waals surface area (Å²) in [5, 5.41) is 0.469. The highest BCUT2D eigenvalue weighted by molar-refractivity contribution is 7.92. The highest BCUT2D eigenvalue weighted by Gasteiger charge is 2.40. The minimum absolute atomic E-state index is 0.162. The van der Waals surface area contributed by atoms with Crippen LogP contribution < -0.4 is 4.31 Å². The van der Waals surface area contributed by atoms with Crippen LogP contribution in [0.5, 0.6) is 0 Å². The van der Waals surface area contributed by atoms with Crippen LogP contribution in [-0.2, 0) is 19.6 Å². The minimum Gasteiger partial charge on any atom is -0.469 e. The fraction of sp³-hybridized carbons (Fsp3) is 0.278. The number of hydrogen-bond donors (Lipinski definition) is 0. The zero-order chi connectivity index (χ0) is 18.2. The van der Waals surface area contributed by atoms with Crippen molar-refractivity contribution in [1.29, 1.82) is 0 Å². The van der Waals surface area contributed by atoms with Crippen molar-refractivity contribution in [2.75, 3.05) is 11.4 Å². The molecule has 1 aliphatic heterocycles. The lowest BCUT2D eigenvalue weighted by Crippen LogP contribution is -2.44. The number of methoxy groups -OCH3 is 1. The molecule has 2 aromatic carbocycles. The standard InChI is InChI=1S/C18H18ClNO4S/c1-12-11-16(18(21)24-2)15-5-3-4-6-17(15)20(12)25(22,23)14-9-7-13(19)8-10-14/h3-10,12,16H,11H2,1-2H3. The van der Waals surface area contributed by atoms with E-state index in [2.05, 4.69) is 0 Å². The summed E-state index contributed by atoms with van der Waals surface area (Å²) in [6.45, 7) is 1.79. The van der Waals surface area contributed by atoms with E-state index in [1.54, 1.807) is 43.3 Å². The Morgan fingerprint density at radius 3 is 2.44 bits per heavy atom. The molecule has 0 amide bonds. The minimum atomic E-state index is -3.77. The van der Waals surface area contributed by atoms with Crippen LogP contribution >= 0.6 is 11.6 Å². The van der Waals surface area contributed by atoms with Gasteiger partial charge in [-0.2, -0.15) is 0 Å². The molecular formula is C18H18ClNO4S. The number of anilines is 1. The van der Waals surface area contributed by atoms with E-state index in [0.29, 0.717) is 22.7 Å². The molecule has 25 heavy (non-hydrogen) atoms. The summed E-state index contributed by atoms with van der Waals surface area (Å²) in [7, 11) is -2.43. The first-order chi connectivity index (χ1) is 11.9. The van der Waals surface area contributed by atoms with Crippen molar-refractivity contribution in [3.8, 4) is 0 Å². The van der Waals surface area contributed by atoms with E-state index in [0.717, 1.165) is 0 Å². The molecule has 0 bridgehead atoms. The summed E-state index contributed by atoms with van der Waals surface area (Å²) in [6.07, 6.45) is 0.358. The monoisotopic (exact) mass is 379 g/mol. The van der Waals surface area contributed by atoms with Crippen molar-refractivity contribution in [2.45, 2.75) is 30.2 Å². The highest BCUT2D eigenvalue weighted by Crippen LogP contribution is 2.41. The normalized spacial score (nSPS) is 20.0. The van der Waals surface area contributed by atoms with E-state index >= 15 is 0 Å². The summed E-state index contributed by atoms with van der Waals surface area (Å²) in [5.74, 6) is -0.837. The van der Waals surface area contributed by atoms with Gasteiger partial charge in [0.15, 0.2) is 0 Å². The average molecular weight is 380 g/mol. The van der Waals surface area contributed by atoms with Crippen molar-refractivity contribution in [3.05, 3.63) is 59.1 Å². The summed E-state index contributed by atoms with van der Waals surface area (Å²) >= 11 is 5.87. The number of esters is 1. The number of para-hydroxylation sites is 1. The number of hydrogen-bond acceptors (Lipinski definition) is 4. The number of sulfonamides is 1. The first-order valence-corrected chi connectivity index (χ1v) is 9.65. The molecule has 0 aromatic heterocycles. The number of benzene rings is 2. The van der Waals surface area contributed by atoms with Gasteiger partial charge in [0.25, 0.3) is 10.0 Å². The van der Waals surface area contributed by atoms with Gasteiger partial charge in [-0.15, -0.1) is 0 Å².